The van der Waals surface area contributed by atoms with E-state index in [4.69, 9.17) is 23.2 Å². The van der Waals surface area contributed by atoms with E-state index in [2.05, 4.69) is 34.1 Å². The molecule has 0 aliphatic carbocycles. The van der Waals surface area contributed by atoms with Crippen molar-refractivity contribution in [2.45, 2.75) is 25.8 Å². The Morgan fingerprint density at radius 2 is 1.58 bits per heavy atom. The van der Waals surface area contributed by atoms with E-state index in [0.717, 1.165) is 92.7 Å². The molecule has 3 aromatic rings. The van der Waals surface area contributed by atoms with E-state index in [-0.39, 0.29) is 5.91 Å². The molecule has 5 rings (SSSR count). The van der Waals surface area contributed by atoms with Crippen LogP contribution in [0.5, 0.6) is 0 Å². The van der Waals surface area contributed by atoms with Gasteiger partial charge in [-0.15, -0.1) is 0 Å². The molecule has 0 aromatic heterocycles. The first-order chi connectivity index (χ1) is 16.1. The molecule has 2 aliphatic heterocycles. The van der Waals surface area contributed by atoms with Crippen molar-refractivity contribution in [1.29, 1.82) is 0 Å². The van der Waals surface area contributed by atoms with E-state index in [1.54, 1.807) is 0 Å². The average molecular weight is 482 g/mol. The monoisotopic (exact) mass is 481 g/mol. The number of nitrogens with zero attached hydrogens (tertiary/aromatic N) is 3. The number of hydrogen-bond acceptors (Lipinski definition) is 3. The molecule has 1 amide bonds. The Balaban J connectivity index is 1.05. The van der Waals surface area contributed by atoms with Gasteiger partial charge in [-0.1, -0.05) is 72.1 Å². The summed E-state index contributed by atoms with van der Waals surface area (Å²) in [5.41, 5.74) is 3.11. The summed E-state index contributed by atoms with van der Waals surface area (Å²) in [6, 6.07) is 18.3. The van der Waals surface area contributed by atoms with Crippen molar-refractivity contribution in [1.82, 2.24) is 9.80 Å². The Kier molecular flexibility index (Phi) is 6.77. The standard InChI is InChI=1S/C27H29Cl2N3O/c28-23-9-6-10-24(26(23)29)31-17-15-30(16-18-31)13-4-1-5-14-32-19-21-12-11-20-7-2-3-8-22(20)25(21)27(32)33/h2-3,6-12H,1,4-5,13-19H2. The van der Waals surface area contributed by atoms with Crippen LogP contribution in [-0.2, 0) is 6.54 Å². The summed E-state index contributed by atoms with van der Waals surface area (Å²) < 4.78 is 0. The molecular formula is C27H29Cl2N3O. The second kappa shape index (κ2) is 9.92. The molecule has 172 valence electrons. The van der Waals surface area contributed by atoms with Crippen LogP contribution in [0.15, 0.2) is 54.6 Å². The molecule has 33 heavy (non-hydrogen) atoms. The lowest BCUT2D eigenvalue weighted by molar-refractivity contribution is 0.0776. The molecule has 2 aliphatic rings. The van der Waals surface area contributed by atoms with Gasteiger partial charge in [0.1, 0.15) is 0 Å². The number of hydrogen-bond donors (Lipinski definition) is 0. The zero-order chi connectivity index (χ0) is 22.8. The second-order valence-corrected chi connectivity index (χ2v) is 9.79. The predicted octanol–water partition coefficient (Wildman–Crippen LogP) is 6.09. The van der Waals surface area contributed by atoms with Gasteiger partial charge < -0.3 is 9.80 Å². The van der Waals surface area contributed by atoms with Crippen LogP contribution in [0.25, 0.3) is 10.8 Å². The summed E-state index contributed by atoms with van der Waals surface area (Å²) in [5, 5.41) is 3.49. The lowest BCUT2D eigenvalue weighted by Gasteiger charge is -2.36. The van der Waals surface area contributed by atoms with Gasteiger partial charge in [0.05, 0.1) is 21.3 Å². The summed E-state index contributed by atoms with van der Waals surface area (Å²) in [7, 11) is 0. The molecule has 4 nitrogen and oxygen atoms in total. The molecule has 0 atom stereocenters. The van der Waals surface area contributed by atoms with Gasteiger partial charge in [0, 0.05) is 39.3 Å². The van der Waals surface area contributed by atoms with Crippen LogP contribution in [0, 0.1) is 0 Å². The van der Waals surface area contributed by atoms with Crippen molar-refractivity contribution in [2.75, 3.05) is 44.2 Å². The molecule has 6 heteroatoms. The molecule has 1 fully saturated rings. The third-order valence-electron chi connectivity index (χ3n) is 6.92. The Bertz CT molecular complexity index is 1160. The van der Waals surface area contributed by atoms with Gasteiger partial charge in [-0.2, -0.15) is 0 Å². The van der Waals surface area contributed by atoms with E-state index < -0.39 is 0 Å². The van der Waals surface area contributed by atoms with Gasteiger partial charge in [-0.05, 0) is 47.9 Å². The summed E-state index contributed by atoms with van der Waals surface area (Å²) in [4.78, 5) is 19.9. The molecule has 2 heterocycles. The Morgan fingerprint density at radius 3 is 2.42 bits per heavy atom. The molecule has 0 radical (unpaired) electrons. The number of amides is 1. The summed E-state index contributed by atoms with van der Waals surface area (Å²) in [6.45, 7) is 6.70. The summed E-state index contributed by atoms with van der Waals surface area (Å²) in [5.74, 6) is 0.192. The van der Waals surface area contributed by atoms with Crippen LogP contribution >= 0.6 is 23.2 Å². The third kappa shape index (κ3) is 4.70. The van der Waals surface area contributed by atoms with Crippen LogP contribution in [-0.4, -0.2) is 55.0 Å². The Morgan fingerprint density at radius 1 is 0.788 bits per heavy atom. The Labute approximate surface area is 205 Å². The highest BCUT2D eigenvalue weighted by molar-refractivity contribution is 6.43. The van der Waals surface area contributed by atoms with Crippen LogP contribution in [0.4, 0.5) is 5.69 Å². The lowest BCUT2D eigenvalue weighted by atomic mass is 10.0. The molecule has 0 saturated carbocycles. The number of carbonyl (C=O) groups is 1. The Hall–Kier alpha value is -2.27. The van der Waals surface area contributed by atoms with E-state index in [0.29, 0.717) is 10.0 Å². The van der Waals surface area contributed by atoms with E-state index >= 15 is 0 Å². The van der Waals surface area contributed by atoms with Crippen molar-refractivity contribution < 1.29 is 4.79 Å². The van der Waals surface area contributed by atoms with Crippen LogP contribution < -0.4 is 4.90 Å². The maximum Gasteiger partial charge on any atom is 0.255 e. The van der Waals surface area contributed by atoms with Crippen molar-refractivity contribution in [3.05, 3.63) is 75.8 Å². The smallest absolute Gasteiger partial charge is 0.255 e. The maximum absolute atomic E-state index is 13.0. The van der Waals surface area contributed by atoms with Crippen molar-refractivity contribution in [2.24, 2.45) is 0 Å². The third-order valence-corrected chi connectivity index (χ3v) is 7.73. The van der Waals surface area contributed by atoms with Gasteiger partial charge in [-0.3, -0.25) is 9.69 Å². The fraction of sp³-hybridized carbons (Fsp3) is 0.370. The molecule has 1 saturated heterocycles. The van der Waals surface area contributed by atoms with Crippen LogP contribution in [0.2, 0.25) is 10.0 Å². The largest absolute Gasteiger partial charge is 0.368 e. The minimum Gasteiger partial charge on any atom is -0.368 e. The summed E-state index contributed by atoms with van der Waals surface area (Å²) >= 11 is 12.6. The first kappa shape index (κ1) is 22.5. The van der Waals surface area contributed by atoms with Gasteiger partial charge in [0.2, 0.25) is 0 Å². The highest BCUT2D eigenvalue weighted by Crippen LogP contribution is 2.33. The number of rotatable bonds is 7. The fourth-order valence-corrected chi connectivity index (χ4v) is 5.50. The van der Waals surface area contributed by atoms with E-state index in [1.165, 1.54) is 0 Å². The van der Waals surface area contributed by atoms with Gasteiger partial charge in [0.25, 0.3) is 5.91 Å². The van der Waals surface area contributed by atoms with E-state index in [1.807, 2.05) is 35.2 Å². The number of fused-ring (bicyclic) bond motifs is 3. The zero-order valence-corrected chi connectivity index (χ0v) is 20.3. The quantitative estimate of drug-likeness (QED) is 0.381. The van der Waals surface area contributed by atoms with Crippen molar-refractivity contribution in [3.63, 3.8) is 0 Å². The minimum absolute atomic E-state index is 0.192. The number of piperazine rings is 1. The number of benzene rings is 3. The van der Waals surface area contributed by atoms with Gasteiger partial charge in [0.15, 0.2) is 0 Å². The molecule has 0 unspecified atom stereocenters. The second-order valence-electron chi connectivity index (χ2n) is 9.01. The first-order valence-electron chi connectivity index (χ1n) is 11.8. The highest BCUT2D eigenvalue weighted by Gasteiger charge is 2.28. The van der Waals surface area contributed by atoms with Gasteiger partial charge in [-0.25, -0.2) is 0 Å². The molecule has 0 bridgehead atoms. The van der Waals surface area contributed by atoms with Crippen LogP contribution in [0.1, 0.15) is 35.2 Å². The molecule has 0 N–H and O–H groups in total. The summed E-state index contributed by atoms with van der Waals surface area (Å²) in [6.07, 6.45) is 3.35. The van der Waals surface area contributed by atoms with Gasteiger partial charge >= 0.3 is 0 Å². The molecule has 3 aromatic carbocycles. The first-order valence-corrected chi connectivity index (χ1v) is 12.6. The zero-order valence-electron chi connectivity index (χ0n) is 18.8. The topological polar surface area (TPSA) is 26.8 Å². The molecular weight excluding hydrogens is 453 g/mol. The average Bonchev–Trinajstić information content (AvgIpc) is 3.17. The number of carbonyl (C=O) groups excluding carboxylic acids is 1. The van der Waals surface area contributed by atoms with Crippen LogP contribution in [0.3, 0.4) is 0 Å². The number of halogens is 2. The highest BCUT2D eigenvalue weighted by atomic mass is 35.5. The van der Waals surface area contributed by atoms with E-state index in [9.17, 15) is 4.79 Å². The number of anilines is 1. The van der Waals surface area contributed by atoms with Crippen molar-refractivity contribution in [3.8, 4) is 0 Å². The number of unbranched alkanes of at least 4 members (excludes halogenated alkanes) is 2. The fourth-order valence-electron chi connectivity index (χ4n) is 5.08. The lowest BCUT2D eigenvalue weighted by Crippen LogP contribution is -2.46. The maximum atomic E-state index is 13.0. The molecule has 0 spiro atoms. The predicted molar refractivity (Wildman–Crippen MR) is 138 cm³/mol. The van der Waals surface area contributed by atoms with Crippen molar-refractivity contribution >= 4 is 45.6 Å². The SMILES string of the molecule is O=C1c2c(ccc3ccccc23)CN1CCCCCN1CCN(c2cccc(Cl)c2Cl)CC1. The minimum atomic E-state index is 0.192. The normalized spacial score (nSPS) is 16.6.